The van der Waals surface area contributed by atoms with E-state index in [1.807, 2.05) is 25.1 Å². The molecule has 1 saturated heterocycles. The lowest BCUT2D eigenvalue weighted by Gasteiger charge is -2.17. The van der Waals surface area contributed by atoms with E-state index >= 15 is 0 Å². The van der Waals surface area contributed by atoms with Crippen molar-refractivity contribution in [1.29, 1.82) is 0 Å². The molecule has 1 fully saturated rings. The first-order valence-electron chi connectivity index (χ1n) is 9.05. The highest BCUT2D eigenvalue weighted by Gasteiger charge is 2.28. The zero-order valence-electron chi connectivity index (χ0n) is 15.7. The maximum Gasteiger partial charge on any atom is 0.420 e. The number of amides is 1. The van der Waals surface area contributed by atoms with E-state index in [-0.39, 0.29) is 18.6 Å². The molecule has 0 spiro atoms. The second-order valence-electron chi connectivity index (χ2n) is 6.91. The Morgan fingerprint density at radius 1 is 1.25 bits per heavy atom. The first kappa shape index (κ1) is 18.0. The quantitative estimate of drug-likeness (QED) is 0.652. The van der Waals surface area contributed by atoms with Crippen LogP contribution in [0.3, 0.4) is 0 Å². The highest BCUT2D eigenvalue weighted by Crippen LogP contribution is 2.18. The highest BCUT2D eigenvalue weighted by atomic mass is 16.5. The molecule has 0 unspecified atom stereocenters. The summed E-state index contributed by atoms with van der Waals surface area (Å²) < 4.78 is 12.4. The molecule has 9 heteroatoms. The molecule has 0 aliphatic carbocycles. The number of benzene rings is 1. The van der Waals surface area contributed by atoms with Crippen LogP contribution in [-0.4, -0.2) is 58.9 Å². The summed E-state index contributed by atoms with van der Waals surface area (Å²) in [6.07, 6.45) is 0.547. The number of carbonyl (C=O) groups is 1. The average molecular weight is 383 g/mol. The number of hydrogen-bond donors (Lipinski definition) is 0. The molecule has 1 aromatic carbocycles. The maximum absolute atomic E-state index is 12.7. The molecule has 3 aromatic rings. The Labute approximate surface area is 161 Å². The number of rotatable bonds is 5. The molecule has 1 amide bonds. The van der Waals surface area contributed by atoms with E-state index in [1.54, 1.807) is 35.2 Å². The average Bonchev–Trinajstić information content (AvgIpc) is 3.27. The van der Waals surface area contributed by atoms with Crippen molar-refractivity contribution in [1.82, 2.24) is 19.7 Å². The van der Waals surface area contributed by atoms with Gasteiger partial charge < -0.3 is 19.0 Å². The summed E-state index contributed by atoms with van der Waals surface area (Å²) in [4.78, 5) is 28.3. The smallest absolute Gasteiger partial charge is 0.420 e. The summed E-state index contributed by atoms with van der Waals surface area (Å²) in [5.41, 5.74) is 1.09. The van der Waals surface area contributed by atoms with Gasteiger partial charge in [-0.1, -0.05) is 12.1 Å². The van der Waals surface area contributed by atoms with Crippen molar-refractivity contribution in [2.75, 3.05) is 32.1 Å². The largest absolute Gasteiger partial charge is 0.471 e. The van der Waals surface area contributed by atoms with Gasteiger partial charge >= 0.3 is 5.76 Å². The van der Waals surface area contributed by atoms with Crippen LogP contribution < -0.4 is 15.4 Å². The Hall–Kier alpha value is -3.36. The first-order valence-corrected chi connectivity index (χ1v) is 9.05. The van der Waals surface area contributed by atoms with Gasteiger partial charge in [-0.15, -0.1) is 10.2 Å². The molecular weight excluding hydrogens is 362 g/mol. The third-order valence-corrected chi connectivity index (χ3v) is 4.74. The van der Waals surface area contributed by atoms with Gasteiger partial charge in [0.25, 0.3) is 0 Å². The van der Waals surface area contributed by atoms with Gasteiger partial charge in [0.2, 0.25) is 11.8 Å². The van der Waals surface area contributed by atoms with Crippen molar-refractivity contribution < 1.29 is 13.9 Å². The molecule has 28 heavy (non-hydrogen) atoms. The molecule has 0 N–H and O–H groups in total. The van der Waals surface area contributed by atoms with E-state index < -0.39 is 5.76 Å². The fourth-order valence-corrected chi connectivity index (χ4v) is 3.24. The standard InChI is InChI=1S/C19H21N5O4/c1-22(2)16-7-8-17(21-20-16)27-13-9-10-23(11-13)18(25)12-24-14-5-3-4-6-15(14)28-19(24)26/h3-8,13H,9-12H2,1-2H3/t13-/m1/s1. The van der Waals surface area contributed by atoms with Gasteiger partial charge in [-0.05, 0) is 18.2 Å². The Bertz CT molecular complexity index is 1040. The Morgan fingerprint density at radius 2 is 2.07 bits per heavy atom. The fourth-order valence-electron chi connectivity index (χ4n) is 3.24. The number of oxazole rings is 1. The second-order valence-corrected chi connectivity index (χ2v) is 6.91. The van der Waals surface area contributed by atoms with E-state index in [2.05, 4.69) is 10.2 Å². The number of anilines is 1. The van der Waals surface area contributed by atoms with E-state index in [1.165, 1.54) is 4.57 Å². The Balaban J connectivity index is 1.39. The minimum Gasteiger partial charge on any atom is -0.471 e. The van der Waals surface area contributed by atoms with Crippen LogP contribution in [0.25, 0.3) is 11.1 Å². The van der Waals surface area contributed by atoms with E-state index in [0.29, 0.717) is 36.5 Å². The van der Waals surface area contributed by atoms with Crippen LogP contribution in [-0.2, 0) is 11.3 Å². The van der Waals surface area contributed by atoms with Crippen molar-refractivity contribution in [3.8, 4) is 5.88 Å². The monoisotopic (exact) mass is 383 g/mol. The molecule has 2 aromatic heterocycles. The van der Waals surface area contributed by atoms with Gasteiger partial charge in [0, 0.05) is 33.1 Å². The molecule has 3 heterocycles. The molecule has 9 nitrogen and oxygen atoms in total. The maximum atomic E-state index is 12.7. The molecule has 1 atom stereocenters. The number of fused-ring (bicyclic) bond motifs is 1. The van der Waals surface area contributed by atoms with Gasteiger partial charge in [0.1, 0.15) is 12.6 Å². The summed E-state index contributed by atoms with van der Waals surface area (Å²) in [6, 6.07) is 10.7. The van der Waals surface area contributed by atoms with E-state index in [0.717, 1.165) is 5.82 Å². The summed E-state index contributed by atoms with van der Waals surface area (Å²) in [5.74, 6) is 0.502. The van der Waals surface area contributed by atoms with Crippen LogP contribution in [0.1, 0.15) is 6.42 Å². The minimum atomic E-state index is -0.530. The second kappa shape index (κ2) is 7.34. The molecule has 0 radical (unpaired) electrons. The first-order chi connectivity index (χ1) is 13.5. The zero-order valence-corrected chi connectivity index (χ0v) is 15.7. The van der Waals surface area contributed by atoms with Gasteiger partial charge in [0.05, 0.1) is 12.1 Å². The summed E-state index contributed by atoms with van der Waals surface area (Å²) in [7, 11) is 3.78. The third kappa shape index (κ3) is 3.55. The van der Waals surface area contributed by atoms with Crippen molar-refractivity contribution in [3.05, 3.63) is 46.9 Å². The SMILES string of the molecule is CN(C)c1ccc(O[C@@H]2CCN(C(=O)Cn3c(=O)oc4ccccc43)C2)nn1. The Morgan fingerprint density at radius 3 is 2.82 bits per heavy atom. The van der Waals surface area contributed by atoms with Crippen LogP contribution in [0.5, 0.6) is 5.88 Å². The molecule has 4 rings (SSSR count). The number of hydrogen-bond acceptors (Lipinski definition) is 7. The number of carbonyl (C=O) groups excluding carboxylic acids is 1. The fraction of sp³-hybridized carbons (Fsp3) is 0.368. The highest BCUT2D eigenvalue weighted by molar-refractivity contribution is 5.79. The van der Waals surface area contributed by atoms with Gasteiger partial charge in [0.15, 0.2) is 11.4 Å². The minimum absolute atomic E-state index is 0.0557. The lowest BCUT2D eigenvalue weighted by atomic mass is 10.3. The molecule has 0 saturated carbocycles. The molecule has 146 valence electrons. The molecule has 1 aliphatic heterocycles. The number of ether oxygens (including phenoxy) is 1. The van der Waals surface area contributed by atoms with Crippen LogP contribution in [0.2, 0.25) is 0 Å². The van der Waals surface area contributed by atoms with Crippen LogP contribution in [0.15, 0.2) is 45.6 Å². The van der Waals surface area contributed by atoms with Crippen molar-refractivity contribution in [2.24, 2.45) is 0 Å². The number of aromatic nitrogens is 3. The lowest BCUT2D eigenvalue weighted by molar-refractivity contribution is -0.131. The van der Waals surface area contributed by atoms with E-state index in [4.69, 9.17) is 9.15 Å². The topological polar surface area (TPSA) is 93.7 Å². The summed E-state index contributed by atoms with van der Waals surface area (Å²) in [5, 5.41) is 8.15. The van der Waals surface area contributed by atoms with Crippen molar-refractivity contribution >= 4 is 22.8 Å². The van der Waals surface area contributed by atoms with Gasteiger partial charge in [-0.25, -0.2) is 4.79 Å². The van der Waals surface area contributed by atoms with Crippen LogP contribution in [0, 0.1) is 0 Å². The third-order valence-electron chi connectivity index (χ3n) is 4.74. The van der Waals surface area contributed by atoms with Crippen LogP contribution in [0.4, 0.5) is 5.82 Å². The molecule has 0 bridgehead atoms. The van der Waals surface area contributed by atoms with Gasteiger partial charge in [-0.3, -0.25) is 9.36 Å². The molecular formula is C19H21N5O4. The number of likely N-dealkylation sites (tertiary alicyclic amines) is 1. The lowest BCUT2D eigenvalue weighted by Crippen LogP contribution is -2.35. The summed E-state index contributed by atoms with van der Waals surface area (Å²) >= 11 is 0. The number of nitrogens with zero attached hydrogens (tertiary/aromatic N) is 5. The van der Waals surface area contributed by atoms with Crippen LogP contribution >= 0.6 is 0 Å². The molecule has 1 aliphatic rings. The predicted octanol–water partition coefficient (Wildman–Crippen LogP) is 1.13. The van der Waals surface area contributed by atoms with E-state index in [9.17, 15) is 9.59 Å². The normalized spacial score (nSPS) is 16.5. The van der Waals surface area contributed by atoms with Gasteiger partial charge in [-0.2, -0.15) is 0 Å². The summed E-state index contributed by atoms with van der Waals surface area (Å²) in [6.45, 7) is 0.956. The predicted molar refractivity (Wildman–Crippen MR) is 102 cm³/mol. The van der Waals surface area contributed by atoms with Crippen molar-refractivity contribution in [2.45, 2.75) is 19.1 Å². The number of para-hydroxylation sites is 2. The Kier molecular flexibility index (Phi) is 4.72. The van der Waals surface area contributed by atoms with Crippen molar-refractivity contribution in [3.63, 3.8) is 0 Å². The zero-order chi connectivity index (χ0) is 19.7.